The Morgan fingerprint density at radius 2 is 1.40 bits per heavy atom. The van der Waals surface area contributed by atoms with Crippen molar-refractivity contribution in [1.29, 1.82) is 0 Å². The van der Waals surface area contributed by atoms with Crippen molar-refractivity contribution in [3.8, 4) is 23.8 Å². The van der Waals surface area contributed by atoms with E-state index in [0.717, 1.165) is 16.7 Å². The van der Waals surface area contributed by atoms with Crippen LogP contribution in [0.4, 0.5) is 35.1 Å². The Labute approximate surface area is 284 Å². The van der Waals surface area contributed by atoms with Crippen molar-refractivity contribution in [2.75, 3.05) is 13.2 Å². The molecule has 0 aliphatic heterocycles. The van der Waals surface area contributed by atoms with E-state index in [0.29, 0.717) is 42.5 Å². The molecule has 50 heavy (non-hydrogen) atoms. The first-order chi connectivity index (χ1) is 23.4. The van der Waals surface area contributed by atoms with E-state index in [4.69, 9.17) is 21.7 Å². The van der Waals surface area contributed by atoms with Gasteiger partial charge in [0, 0.05) is 11.8 Å². The molecule has 0 saturated heterocycles. The second kappa shape index (κ2) is 12.3. The van der Waals surface area contributed by atoms with Gasteiger partial charge < -0.3 is 20.4 Å². The zero-order valence-corrected chi connectivity index (χ0v) is 27.1. The Morgan fingerprint density at radius 1 is 0.860 bits per heavy atom. The van der Waals surface area contributed by atoms with Gasteiger partial charge in [0.25, 0.3) is 0 Å². The minimum atomic E-state index is -4.55. The number of allylic oxidation sites excluding steroid dienone is 4. The van der Waals surface area contributed by atoms with E-state index in [1.165, 1.54) is 30.2 Å². The second-order valence-corrected chi connectivity index (χ2v) is 13.9. The van der Waals surface area contributed by atoms with Crippen LogP contribution in [0.2, 0.25) is 0 Å². The number of rotatable bonds is 7. The molecule has 6 rings (SSSR count). The molecule has 0 radical (unpaired) electrons. The van der Waals surface area contributed by atoms with E-state index in [1.54, 1.807) is 31.2 Å². The van der Waals surface area contributed by atoms with Crippen molar-refractivity contribution in [3.63, 3.8) is 0 Å². The molecular weight excluding hydrogens is 672 g/mol. The third kappa shape index (κ3) is 5.93. The molecule has 268 valence electrons. The van der Waals surface area contributed by atoms with Gasteiger partial charge in [0.15, 0.2) is 13.2 Å². The van der Waals surface area contributed by atoms with Gasteiger partial charge in [-0.2, -0.15) is 40.2 Å². The first kappa shape index (κ1) is 35.8. The van der Waals surface area contributed by atoms with Crippen molar-refractivity contribution >= 4 is 5.71 Å². The molecule has 0 amide bonds. The molecule has 4 aliphatic rings. The number of alkyl halides is 8. The lowest BCUT2D eigenvalue weighted by Gasteiger charge is -2.54. The minimum absolute atomic E-state index is 0.0243. The topological polar surface area (TPSA) is 77.1 Å². The van der Waals surface area contributed by atoms with E-state index in [-0.39, 0.29) is 42.6 Å². The lowest BCUT2D eigenvalue weighted by molar-refractivity contribution is -0.207. The normalized spacial score (nSPS) is 28.7. The van der Waals surface area contributed by atoms with Gasteiger partial charge in [-0.1, -0.05) is 36.8 Å². The quantitative estimate of drug-likeness (QED) is 0.131. The average Bonchev–Trinajstić information content (AvgIpc) is 3.37. The van der Waals surface area contributed by atoms with Crippen LogP contribution in [0, 0.1) is 29.6 Å². The molecule has 5 nitrogen and oxygen atoms in total. The molecule has 0 heterocycles. The number of halogens is 8. The van der Waals surface area contributed by atoms with E-state index < -0.39 is 47.9 Å². The van der Waals surface area contributed by atoms with Crippen LogP contribution in [0.5, 0.6) is 11.5 Å². The van der Waals surface area contributed by atoms with E-state index in [2.05, 4.69) is 5.10 Å². The van der Waals surface area contributed by atoms with Gasteiger partial charge in [0.1, 0.15) is 17.1 Å². The monoisotopic (exact) mass is 708 g/mol. The molecule has 2 aromatic rings. The van der Waals surface area contributed by atoms with Crippen LogP contribution in [0.3, 0.4) is 0 Å². The number of fused-ring (bicyclic) bond motifs is 4. The molecule has 13 heteroatoms. The number of ether oxygens (including phenoxy) is 2. The highest BCUT2D eigenvalue weighted by Crippen LogP contribution is 2.68. The first-order valence-corrected chi connectivity index (χ1v) is 16.3. The molecular formula is C37H36F8N2O3. The second-order valence-electron chi connectivity index (χ2n) is 13.9. The van der Waals surface area contributed by atoms with Crippen LogP contribution in [0.25, 0.3) is 0 Å². The van der Waals surface area contributed by atoms with Crippen molar-refractivity contribution in [3.05, 3.63) is 82.5 Å². The lowest BCUT2D eigenvalue weighted by atomic mass is 9.50. The highest BCUT2D eigenvalue weighted by Gasteiger charge is 2.70. The molecule has 0 aromatic heterocycles. The van der Waals surface area contributed by atoms with E-state index in [1.807, 2.05) is 6.08 Å². The molecule has 4 atom stereocenters. The molecule has 0 spiro atoms. The largest absolute Gasteiger partial charge is 0.484 e. The zero-order chi connectivity index (χ0) is 36.3. The number of aliphatic hydroxyl groups is 1. The maximum atomic E-state index is 15.2. The van der Waals surface area contributed by atoms with Crippen LogP contribution in [0.15, 0.2) is 76.4 Å². The van der Waals surface area contributed by atoms with Gasteiger partial charge in [-0.05, 0) is 109 Å². The number of hydrogen-bond donors (Lipinski definition) is 2. The maximum Gasteiger partial charge on any atom is 0.422 e. The summed E-state index contributed by atoms with van der Waals surface area (Å²) < 4.78 is 118. The molecule has 2 saturated carbocycles. The summed E-state index contributed by atoms with van der Waals surface area (Å²) in [6.45, 7) is -1.29. The van der Waals surface area contributed by atoms with Gasteiger partial charge in [-0.3, -0.25) is 0 Å². The Kier molecular flexibility index (Phi) is 8.81. The maximum absolute atomic E-state index is 15.2. The number of benzene rings is 2. The Morgan fingerprint density at radius 3 is 1.88 bits per heavy atom. The highest BCUT2D eigenvalue weighted by atomic mass is 19.4. The van der Waals surface area contributed by atoms with Gasteiger partial charge >= 0.3 is 18.3 Å². The molecule has 3 N–H and O–H groups in total. The summed E-state index contributed by atoms with van der Waals surface area (Å²) in [5.41, 5.74) is -0.111. The predicted molar refractivity (Wildman–Crippen MR) is 170 cm³/mol. The first-order valence-electron chi connectivity index (χ1n) is 16.3. The van der Waals surface area contributed by atoms with Crippen molar-refractivity contribution in [1.82, 2.24) is 0 Å². The van der Waals surface area contributed by atoms with Crippen LogP contribution in [-0.2, 0) is 5.41 Å². The van der Waals surface area contributed by atoms with E-state index >= 15 is 8.78 Å². The van der Waals surface area contributed by atoms with Crippen LogP contribution in [-0.4, -0.2) is 47.9 Å². The van der Waals surface area contributed by atoms with Crippen molar-refractivity contribution < 1.29 is 49.7 Å². The van der Waals surface area contributed by atoms with Crippen LogP contribution in [0.1, 0.15) is 63.0 Å². The fourth-order valence-electron chi connectivity index (χ4n) is 9.15. The SMILES string of the molecule is C#CC(F)(F)[C@]1(O)CC[C@H]2[C@@H]3CCC4=C/C(=N/N)CC(c5ccc(OCC(F)(F)F)cc5)(c5ccc(OCC(F)(F)F)cc5)C4=C3CCC21C. The van der Waals surface area contributed by atoms with Gasteiger partial charge in [0.2, 0.25) is 0 Å². The van der Waals surface area contributed by atoms with Crippen molar-refractivity contribution in [2.24, 2.45) is 28.2 Å². The molecule has 4 aliphatic carbocycles. The summed E-state index contributed by atoms with van der Waals surface area (Å²) in [4.78, 5) is 0. The zero-order valence-electron chi connectivity index (χ0n) is 27.1. The Balaban J connectivity index is 1.52. The molecule has 1 unspecified atom stereocenters. The van der Waals surface area contributed by atoms with Gasteiger partial charge in [-0.15, -0.1) is 6.42 Å². The number of terminal acetylenes is 1. The van der Waals surface area contributed by atoms with Crippen molar-refractivity contribution in [2.45, 2.75) is 81.2 Å². The molecule has 2 fully saturated rings. The lowest BCUT2D eigenvalue weighted by Crippen LogP contribution is -2.59. The Bertz CT molecular complexity index is 1690. The standard InChI is InChI=1S/C37H36F8N2O3/c1-3-35(38,39)34(48)17-15-30-28-13-4-22-18-25(47-46)19-33(31(22)29(28)14-16-32(30,34)2,23-5-9-26(10-6-23)49-20-36(40,41)42)24-7-11-27(12-8-24)50-21-37(43,44)45/h1,5-12,18,28,30,48H,4,13-17,19-21,46H2,2H3/b47-25-/t28-,30+,32?,34+/m1/s1. The molecule has 2 aromatic carbocycles. The number of nitrogens with two attached hydrogens (primary N) is 1. The third-order valence-electron chi connectivity index (χ3n) is 11.4. The van der Waals surface area contributed by atoms with E-state index in [9.17, 15) is 31.4 Å². The number of hydrazone groups is 1. The van der Waals surface area contributed by atoms with Gasteiger partial charge in [-0.25, -0.2) is 0 Å². The van der Waals surface area contributed by atoms with Gasteiger partial charge in [0.05, 0.1) is 11.1 Å². The number of hydrogen-bond acceptors (Lipinski definition) is 5. The highest BCUT2D eigenvalue weighted by molar-refractivity contribution is 6.00. The van der Waals surface area contributed by atoms with Crippen LogP contribution < -0.4 is 15.3 Å². The summed E-state index contributed by atoms with van der Waals surface area (Å²) in [5.74, 6) is 3.08. The smallest absolute Gasteiger partial charge is 0.422 e. The number of nitrogens with zero attached hydrogens (tertiary/aromatic N) is 1. The summed E-state index contributed by atoms with van der Waals surface area (Å²) >= 11 is 0. The Hall–Kier alpha value is -4.05. The fourth-order valence-corrected chi connectivity index (χ4v) is 9.15. The average molecular weight is 709 g/mol. The minimum Gasteiger partial charge on any atom is -0.484 e. The summed E-state index contributed by atoms with van der Waals surface area (Å²) in [7, 11) is 0. The van der Waals surface area contributed by atoms with Crippen LogP contribution >= 0.6 is 0 Å². The summed E-state index contributed by atoms with van der Waals surface area (Å²) in [6.07, 6.45) is 0.0486. The fraction of sp³-hybridized carbons (Fsp3) is 0.486. The predicted octanol–water partition coefficient (Wildman–Crippen LogP) is 8.42. The third-order valence-corrected chi connectivity index (χ3v) is 11.4. The summed E-state index contributed by atoms with van der Waals surface area (Å²) in [5, 5.41) is 15.6. The summed E-state index contributed by atoms with van der Waals surface area (Å²) in [6, 6.07) is 12.2. The molecule has 0 bridgehead atoms.